The maximum Gasteiger partial charge on any atom is 0.355 e. The van der Waals surface area contributed by atoms with Crippen molar-refractivity contribution in [1.82, 2.24) is 4.98 Å². The van der Waals surface area contributed by atoms with Gasteiger partial charge in [0.1, 0.15) is 5.82 Å². The van der Waals surface area contributed by atoms with Gasteiger partial charge < -0.3 is 5.11 Å². The van der Waals surface area contributed by atoms with Crippen LogP contribution in [0.3, 0.4) is 0 Å². The maximum absolute atomic E-state index is 13.4. The molecule has 0 aliphatic heterocycles. The van der Waals surface area contributed by atoms with E-state index in [0.717, 1.165) is 0 Å². The van der Waals surface area contributed by atoms with E-state index in [1.807, 2.05) is 0 Å². The van der Waals surface area contributed by atoms with Crippen LogP contribution in [0.4, 0.5) is 4.39 Å². The number of halogens is 1. The minimum Gasteiger partial charge on any atom is -0.476 e. The van der Waals surface area contributed by atoms with Gasteiger partial charge in [0.25, 0.3) is 0 Å². The first-order valence-electron chi connectivity index (χ1n) is 4.39. The van der Waals surface area contributed by atoms with Crippen molar-refractivity contribution in [2.24, 2.45) is 0 Å². The van der Waals surface area contributed by atoms with E-state index >= 15 is 0 Å². The molecule has 0 saturated carbocycles. The van der Waals surface area contributed by atoms with Gasteiger partial charge in [0.15, 0.2) is 5.69 Å². The van der Waals surface area contributed by atoms with Gasteiger partial charge in [-0.1, -0.05) is 12.1 Å². The van der Waals surface area contributed by atoms with Crippen LogP contribution in [0, 0.1) is 12.7 Å². The van der Waals surface area contributed by atoms with Crippen molar-refractivity contribution in [1.29, 1.82) is 0 Å². The molecule has 0 aliphatic rings. The Kier molecular flexibility index (Phi) is 2.11. The lowest BCUT2D eigenvalue weighted by Gasteiger charge is -2.04. The SMILES string of the molecule is Cc1cc2c(F)cccc2c(C(=O)O)n1. The molecule has 0 saturated heterocycles. The maximum atomic E-state index is 13.4. The van der Waals surface area contributed by atoms with Crippen molar-refractivity contribution in [2.45, 2.75) is 6.92 Å². The lowest BCUT2D eigenvalue weighted by Crippen LogP contribution is -2.03. The Balaban J connectivity index is 2.92. The number of fused-ring (bicyclic) bond motifs is 1. The summed E-state index contributed by atoms with van der Waals surface area (Å²) in [7, 11) is 0. The minimum absolute atomic E-state index is 0.107. The van der Waals surface area contributed by atoms with Gasteiger partial charge in [-0.2, -0.15) is 0 Å². The molecular weight excluding hydrogens is 197 g/mol. The van der Waals surface area contributed by atoms with Crippen LogP contribution in [0.5, 0.6) is 0 Å². The molecule has 0 spiro atoms. The van der Waals surface area contributed by atoms with Crippen LogP contribution in [0.25, 0.3) is 10.8 Å². The predicted octanol–water partition coefficient (Wildman–Crippen LogP) is 2.38. The van der Waals surface area contributed by atoms with Crippen LogP contribution in [-0.2, 0) is 0 Å². The molecule has 15 heavy (non-hydrogen) atoms. The summed E-state index contributed by atoms with van der Waals surface area (Å²) in [6.07, 6.45) is 0. The third-order valence-corrected chi connectivity index (χ3v) is 2.15. The average Bonchev–Trinajstić information content (AvgIpc) is 2.18. The highest BCUT2D eigenvalue weighted by molar-refractivity contribution is 6.02. The first-order chi connectivity index (χ1) is 7.09. The second-order valence-electron chi connectivity index (χ2n) is 3.25. The molecule has 1 N–H and O–H groups in total. The lowest BCUT2D eigenvalue weighted by molar-refractivity contribution is 0.0692. The van der Waals surface area contributed by atoms with Crippen molar-refractivity contribution >= 4 is 16.7 Å². The van der Waals surface area contributed by atoms with Crippen molar-refractivity contribution in [2.75, 3.05) is 0 Å². The van der Waals surface area contributed by atoms with Crippen molar-refractivity contribution < 1.29 is 14.3 Å². The molecule has 76 valence electrons. The van der Waals surface area contributed by atoms with Gasteiger partial charge in [-0.25, -0.2) is 14.2 Å². The van der Waals surface area contributed by atoms with Gasteiger partial charge in [0, 0.05) is 16.5 Å². The molecule has 0 bridgehead atoms. The Labute approximate surface area is 85.2 Å². The fraction of sp³-hybridized carbons (Fsp3) is 0.0909. The molecule has 2 rings (SSSR count). The number of aryl methyl sites for hydroxylation is 1. The molecule has 1 aromatic heterocycles. The van der Waals surface area contributed by atoms with E-state index in [0.29, 0.717) is 16.5 Å². The second kappa shape index (κ2) is 3.31. The monoisotopic (exact) mass is 205 g/mol. The zero-order chi connectivity index (χ0) is 11.0. The van der Waals surface area contributed by atoms with Crippen LogP contribution in [0.1, 0.15) is 16.2 Å². The van der Waals surface area contributed by atoms with Gasteiger partial charge in [0.2, 0.25) is 0 Å². The number of pyridine rings is 1. The summed E-state index contributed by atoms with van der Waals surface area (Å²) >= 11 is 0. The highest BCUT2D eigenvalue weighted by Gasteiger charge is 2.12. The third-order valence-electron chi connectivity index (χ3n) is 2.15. The van der Waals surface area contributed by atoms with Gasteiger partial charge in [-0.3, -0.25) is 0 Å². The lowest BCUT2D eigenvalue weighted by atomic mass is 10.1. The van der Waals surface area contributed by atoms with Gasteiger partial charge in [-0.15, -0.1) is 0 Å². The number of carboxylic acids is 1. The number of carboxylic acid groups (broad SMARTS) is 1. The summed E-state index contributed by atoms with van der Waals surface area (Å²) < 4.78 is 13.4. The van der Waals surface area contributed by atoms with E-state index in [2.05, 4.69) is 4.98 Å². The van der Waals surface area contributed by atoms with Crippen LogP contribution >= 0.6 is 0 Å². The molecule has 2 aromatic rings. The zero-order valence-electron chi connectivity index (χ0n) is 7.99. The summed E-state index contributed by atoms with van der Waals surface area (Å²) in [6.45, 7) is 1.64. The Morgan fingerprint density at radius 3 is 2.80 bits per heavy atom. The first kappa shape index (κ1) is 9.58. The van der Waals surface area contributed by atoms with Crippen LogP contribution in [0.2, 0.25) is 0 Å². The van der Waals surface area contributed by atoms with E-state index in [9.17, 15) is 9.18 Å². The molecule has 0 radical (unpaired) electrons. The Morgan fingerprint density at radius 1 is 1.40 bits per heavy atom. The predicted molar refractivity (Wildman–Crippen MR) is 53.4 cm³/mol. The molecule has 1 aromatic carbocycles. The second-order valence-corrected chi connectivity index (χ2v) is 3.25. The van der Waals surface area contributed by atoms with Crippen molar-refractivity contribution in [3.63, 3.8) is 0 Å². The third kappa shape index (κ3) is 1.54. The molecule has 0 aliphatic carbocycles. The van der Waals surface area contributed by atoms with Crippen molar-refractivity contribution in [3.05, 3.63) is 41.5 Å². The number of rotatable bonds is 1. The molecule has 0 unspecified atom stereocenters. The van der Waals surface area contributed by atoms with Gasteiger partial charge >= 0.3 is 5.97 Å². The molecule has 4 heteroatoms. The van der Waals surface area contributed by atoms with E-state index < -0.39 is 11.8 Å². The number of hydrogen-bond acceptors (Lipinski definition) is 2. The number of hydrogen-bond donors (Lipinski definition) is 1. The van der Waals surface area contributed by atoms with Crippen LogP contribution in [-0.4, -0.2) is 16.1 Å². The van der Waals surface area contributed by atoms with E-state index in [4.69, 9.17) is 5.11 Å². The largest absolute Gasteiger partial charge is 0.476 e. The summed E-state index contributed by atoms with van der Waals surface area (Å²) in [5.41, 5.74) is 0.384. The number of carbonyl (C=O) groups is 1. The fourth-order valence-electron chi connectivity index (χ4n) is 1.53. The Hall–Kier alpha value is -1.97. The van der Waals surface area contributed by atoms with E-state index in [1.54, 1.807) is 13.0 Å². The molecule has 0 atom stereocenters. The number of benzene rings is 1. The summed E-state index contributed by atoms with van der Waals surface area (Å²) in [5.74, 6) is -1.57. The van der Waals surface area contributed by atoms with Gasteiger partial charge in [0.05, 0.1) is 0 Å². The number of aromatic carboxylic acids is 1. The smallest absolute Gasteiger partial charge is 0.355 e. The van der Waals surface area contributed by atoms with E-state index in [1.165, 1.54) is 18.2 Å². The molecule has 3 nitrogen and oxygen atoms in total. The van der Waals surface area contributed by atoms with Gasteiger partial charge in [-0.05, 0) is 19.1 Å². The normalized spacial score (nSPS) is 10.5. The molecule has 0 amide bonds. The molecule has 1 heterocycles. The zero-order valence-corrected chi connectivity index (χ0v) is 7.99. The number of aromatic nitrogens is 1. The first-order valence-corrected chi connectivity index (χ1v) is 4.39. The molecular formula is C11H8FNO2. The molecule has 0 fully saturated rings. The van der Waals surface area contributed by atoms with Crippen LogP contribution < -0.4 is 0 Å². The highest BCUT2D eigenvalue weighted by atomic mass is 19.1. The summed E-state index contributed by atoms with van der Waals surface area (Å²) in [6, 6.07) is 5.86. The quantitative estimate of drug-likeness (QED) is 0.777. The van der Waals surface area contributed by atoms with E-state index in [-0.39, 0.29) is 5.69 Å². The van der Waals surface area contributed by atoms with Crippen molar-refractivity contribution in [3.8, 4) is 0 Å². The minimum atomic E-state index is -1.14. The fourth-order valence-corrected chi connectivity index (χ4v) is 1.53. The highest BCUT2D eigenvalue weighted by Crippen LogP contribution is 2.21. The Bertz CT molecular complexity index is 552. The standard InChI is InChI=1S/C11H8FNO2/c1-6-5-8-7(3-2-4-9(8)12)10(13-6)11(14)15/h2-5H,1H3,(H,14,15). The Morgan fingerprint density at radius 2 is 2.13 bits per heavy atom. The van der Waals surface area contributed by atoms with Crippen LogP contribution in [0.15, 0.2) is 24.3 Å². The average molecular weight is 205 g/mol. The topological polar surface area (TPSA) is 50.2 Å². The summed E-state index contributed by atoms with van der Waals surface area (Å²) in [5, 5.41) is 9.53. The number of nitrogens with zero attached hydrogens (tertiary/aromatic N) is 1. The summed E-state index contributed by atoms with van der Waals surface area (Å²) in [4.78, 5) is 14.8.